The molecule has 0 aromatic heterocycles. The molecule has 0 radical (unpaired) electrons. The zero-order valence-corrected chi connectivity index (χ0v) is 11.7. The second-order valence-corrected chi connectivity index (χ2v) is 5.17. The van der Waals surface area contributed by atoms with Gasteiger partial charge in [0.1, 0.15) is 11.4 Å². The zero-order chi connectivity index (χ0) is 13.8. The van der Waals surface area contributed by atoms with Gasteiger partial charge >= 0.3 is 0 Å². The number of ether oxygens (including phenoxy) is 1. The third-order valence-corrected chi connectivity index (χ3v) is 2.20. The van der Waals surface area contributed by atoms with E-state index in [0.29, 0.717) is 0 Å². The van der Waals surface area contributed by atoms with Crippen LogP contribution in [-0.2, 0) is 4.79 Å². The van der Waals surface area contributed by atoms with Gasteiger partial charge < -0.3 is 4.74 Å². The SMILES string of the molecule is CC(=O)C(Cl)=NNc1ccc(OC(C)(C)C)cc1. The molecule has 0 atom stereocenters. The largest absolute Gasteiger partial charge is 0.488 e. The van der Waals surface area contributed by atoms with Gasteiger partial charge in [-0.3, -0.25) is 10.2 Å². The van der Waals surface area contributed by atoms with Gasteiger partial charge in [0.05, 0.1) is 5.69 Å². The zero-order valence-electron chi connectivity index (χ0n) is 11.0. The quantitative estimate of drug-likeness (QED) is 0.672. The normalized spacial score (nSPS) is 12.2. The third-order valence-electron chi connectivity index (χ3n) is 1.85. The van der Waals surface area contributed by atoms with E-state index in [9.17, 15) is 4.79 Å². The molecule has 1 rings (SSSR count). The number of rotatable bonds is 4. The second kappa shape index (κ2) is 5.87. The molecule has 98 valence electrons. The molecule has 0 fully saturated rings. The maximum Gasteiger partial charge on any atom is 0.191 e. The molecule has 0 aliphatic carbocycles. The Bertz CT molecular complexity index is 447. The Morgan fingerprint density at radius 2 is 1.83 bits per heavy atom. The van der Waals surface area contributed by atoms with Crippen LogP contribution in [-0.4, -0.2) is 16.6 Å². The summed E-state index contributed by atoms with van der Waals surface area (Å²) < 4.78 is 5.68. The molecule has 0 bridgehead atoms. The molecule has 0 amide bonds. The molecule has 0 saturated carbocycles. The maximum absolute atomic E-state index is 10.9. The summed E-state index contributed by atoms with van der Waals surface area (Å²) in [6.45, 7) is 7.30. The van der Waals surface area contributed by atoms with Crippen molar-refractivity contribution in [1.82, 2.24) is 0 Å². The first-order chi connectivity index (χ1) is 8.28. The van der Waals surface area contributed by atoms with Gasteiger partial charge in [0.2, 0.25) is 0 Å². The van der Waals surface area contributed by atoms with E-state index < -0.39 is 0 Å². The molecule has 0 saturated heterocycles. The summed E-state index contributed by atoms with van der Waals surface area (Å²) in [4.78, 5) is 10.9. The van der Waals surface area contributed by atoms with Crippen LogP contribution in [0, 0.1) is 0 Å². The number of hydrazone groups is 1. The Labute approximate surface area is 112 Å². The van der Waals surface area contributed by atoms with Gasteiger partial charge in [-0.25, -0.2) is 0 Å². The van der Waals surface area contributed by atoms with Crippen LogP contribution in [0.2, 0.25) is 0 Å². The number of carbonyl (C=O) groups is 1. The minimum absolute atomic E-state index is 0.0787. The lowest BCUT2D eigenvalue weighted by molar-refractivity contribution is -0.110. The molecule has 1 aromatic carbocycles. The standard InChI is InChI=1S/C13H17ClN2O2/c1-9(17)12(14)16-15-10-5-7-11(8-6-10)18-13(2,3)4/h5-8,15H,1-4H3. The van der Waals surface area contributed by atoms with E-state index in [-0.39, 0.29) is 16.6 Å². The molecular formula is C13H17ClN2O2. The van der Waals surface area contributed by atoms with Gasteiger partial charge in [-0.05, 0) is 45.0 Å². The number of hydrogen-bond donors (Lipinski definition) is 1. The second-order valence-electron chi connectivity index (χ2n) is 4.81. The van der Waals surface area contributed by atoms with Crippen LogP contribution >= 0.6 is 11.6 Å². The summed E-state index contributed by atoms with van der Waals surface area (Å²) in [5, 5.41) is 3.66. The van der Waals surface area contributed by atoms with E-state index in [4.69, 9.17) is 16.3 Å². The lowest BCUT2D eigenvalue weighted by Gasteiger charge is -2.21. The van der Waals surface area contributed by atoms with Gasteiger partial charge in [-0.2, -0.15) is 5.10 Å². The first kappa shape index (κ1) is 14.5. The fraction of sp³-hybridized carbons (Fsp3) is 0.385. The highest BCUT2D eigenvalue weighted by Crippen LogP contribution is 2.20. The van der Waals surface area contributed by atoms with Crippen molar-refractivity contribution in [1.29, 1.82) is 0 Å². The van der Waals surface area contributed by atoms with Crippen LogP contribution in [0.3, 0.4) is 0 Å². The topological polar surface area (TPSA) is 50.7 Å². The van der Waals surface area contributed by atoms with Crippen molar-refractivity contribution >= 4 is 28.2 Å². The minimum atomic E-state index is -0.281. The van der Waals surface area contributed by atoms with Crippen molar-refractivity contribution in [2.24, 2.45) is 5.10 Å². The Morgan fingerprint density at radius 3 is 2.28 bits per heavy atom. The molecule has 4 nitrogen and oxygen atoms in total. The van der Waals surface area contributed by atoms with Crippen molar-refractivity contribution in [3.63, 3.8) is 0 Å². The van der Waals surface area contributed by atoms with E-state index in [1.165, 1.54) is 6.92 Å². The molecule has 0 spiro atoms. The molecule has 5 heteroatoms. The smallest absolute Gasteiger partial charge is 0.191 e. The third kappa shape index (κ3) is 5.19. The number of benzene rings is 1. The van der Waals surface area contributed by atoms with Crippen LogP contribution in [0.4, 0.5) is 5.69 Å². The minimum Gasteiger partial charge on any atom is -0.488 e. The Balaban J connectivity index is 2.66. The first-order valence-corrected chi connectivity index (χ1v) is 5.95. The predicted octanol–water partition coefficient (Wildman–Crippen LogP) is 3.42. The highest BCUT2D eigenvalue weighted by Gasteiger charge is 2.11. The van der Waals surface area contributed by atoms with Gasteiger partial charge in [0.25, 0.3) is 0 Å². The van der Waals surface area contributed by atoms with Crippen LogP contribution in [0.15, 0.2) is 29.4 Å². The molecule has 0 aliphatic rings. The molecule has 1 N–H and O–H groups in total. The van der Waals surface area contributed by atoms with Crippen LogP contribution in [0.5, 0.6) is 5.75 Å². The fourth-order valence-corrected chi connectivity index (χ4v) is 1.19. The highest BCUT2D eigenvalue weighted by molar-refractivity contribution is 6.82. The molecule has 0 aliphatic heterocycles. The number of Topliss-reactive ketones (excluding diaryl/α,β-unsaturated/α-hetero) is 1. The predicted molar refractivity (Wildman–Crippen MR) is 74.4 cm³/mol. The number of nitrogens with zero attached hydrogens (tertiary/aromatic N) is 1. The number of carbonyl (C=O) groups excluding carboxylic acids is 1. The number of ketones is 1. The summed E-state index contributed by atoms with van der Waals surface area (Å²) in [5.74, 6) is 0.492. The molecule has 0 heterocycles. The summed E-state index contributed by atoms with van der Waals surface area (Å²) >= 11 is 5.60. The van der Waals surface area contributed by atoms with Gasteiger partial charge in [-0.1, -0.05) is 11.6 Å². The van der Waals surface area contributed by atoms with Crippen LogP contribution in [0.25, 0.3) is 0 Å². The Morgan fingerprint density at radius 1 is 1.28 bits per heavy atom. The van der Waals surface area contributed by atoms with E-state index in [0.717, 1.165) is 11.4 Å². The van der Waals surface area contributed by atoms with Gasteiger partial charge in [0, 0.05) is 6.92 Å². The van der Waals surface area contributed by atoms with E-state index in [2.05, 4.69) is 10.5 Å². The lowest BCUT2D eigenvalue weighted by atomic mass is 10.2. The lowest BCUT2D eigenvalue weighted by Crippen LogP contribution is -2.22. The average Bonchev–Trinajstić information content (AvgIpc) is 2.25. The monoisotopic (exact) mass is 268 g/mol. The highest BCUT2D eigenvalue weighted by atomic mass is 35.5. The number of anilines is 1. The Kier molecular flexibility index (Phi) is 4.73. The summed E-state index contributed by atoms with van der Waals surface area (Å²) in [6.07, 6.45) is 0. The molecule has 1 aromatic rings. The average molecular weight is 269 g/mol. The molecular weight excluding hydrogens is 252 g/mol. The van der Waals surface area contributed by atoms with Crippen LogP contribution < -0.4 is 10.2 Å². The van der Waals surface area contributed by atoms with Crippen molar-refractivity contribution in [2.45, 2.75) is 33.3 Å². The van der Waals surface area contributed by atoms with E-state index in [1.807, 2.05) is 32.9 Å². The number of hydrogen-bond acceptors (Lipinski definition) is 4. The Hall–Kier alpha value is -1.55. The van der Waals surface area contributed by atoms with Crippen molar-refractivity contribution < 1.29 is 9.53 Å². The number of halogens is 1. The number of nitrogens with one attached hydrogen (secondary N) is 1. The molecule has 18 heavy (non-hydrogen) atoms. The summed E-state index contributed by atoms with van der Waals surface area (Å²) in [5.41, 5.74) is 3.20. The van der Waals surface area contributed by atoms with Crippen molar-refractivity contribution in [3.8, 4) is 5.75 Å². The van der Waals surface area contributed by atoms with Crippen molar-refractivity contribution in [3.05, 3.63) is 24.3 Å². The summed E-state index contributed by atoms with van der Waals surface area (Å²) in [6, 6.07) is 7.25. The molecule has 0 unspecified atom stereocenters. The fourth-order valence-electron chi connectivity index (χ4n) is 1.14. The van der Waals surface area contributed by atoms with Crippen LogP contribution in [0.1, 0.15) is 27.7 Å². The van der Waals surface area contributed by atoms with E-state index >= 15 is 0 Å². The first-order valence-electron chi connectivity index (χ1n) is 5.57. The summed E-state index contributed by atoms with van der Waals surface area (Å²) in [7, 11) is 0. The van der Waals surface area contributed by atoms with E-state index in [1.54, 1.807) is 12.1 Å². The van der Waals surface area contributed by atoms with Crippen molar-refractivity contribution in [2.75, 3.05) is 5.43 Å². The maximum atomic E-state index is 10.9. The van der Waals surface area contributed by atoms with Gasteiger partial charge in [-0.15, -0.1) is 0 Å². The van der Waals surface area contributed by atoms with Gasteiger partial charge in [0.15, 0.2) is 11.0 Å².